The van der Waals surface area contributed by atoms with Crippen LogP contribution in [0.5, 0.6) is 0 Å². The highest BCUT2D eigenvalue weighted by Crippen LogP contribution is 2.20. The first-order valence-electron chi connectivity index (χ1n) is 6.80. The topological polar surface area (TPSA) is 15.3 Å². The fraction of sp³-hybridized carbons (Fsp3) is 1.00. The molecule has 1 N–H and O–H groups in total. The fourth-order valence-electron chi connectivity index (χ4n) is 2.34. The van der Waals surface area contributed by atoms with Crippen LogP contribution in [-0.2, 0) is 0 Å². The largest absolute Gasteiger partial charge is 0.316 e. The van der Waals surface area contributed by atoms with Crippen molar-refractivity contribution in [1.29, 1.82) is 0 Å². The molecule has 2 nitrogen and oxygen atoms in total. The van der Waals surface area contributed by atoms with Gasteiger partial charge in [-0.2, -0.15) is 0 Å². The van der Waals surface area contributed by atoms with E-state index in [2.05, 4.69) is 44.8 Å². The number of rotatable bonds is 2. The van der Waals surface area contributed by atoms with Gasteiger partial charge in [0.15, 0.2) is 0 Å². The molecule has 96 valence electrons. The van der Waals surface area contributed by atoms with E-state index in [1.54, 1.807) is 0 Å². The van der Waals surface area contributed by atoms with Crippen LogP contribution in [0.1, 0.15) is 41.0 Å². The lowest BCUT2D eigenvalue weighted by Gasteiger charge is -2.33. The van der Waals surface area contributed by atoms with Gasteiger partial charge in [0.1, 0.15) is 0 Å². The molecule has 0 radical (unpaired) electrons. The van der Waals surface area contributed by atoms with Crippen LogP contribution in [0.4, 0.5) is 0 Å². The van der Waals surface area contributed by atoms with Gasteiger partial charge >= 0.3 is 0 Å². The molecule has 1 aliphatic heterocycles. The Hall–Kier alpha value is -0.0800. The average Bonchev–Trinajstić information content (AvgIpc) is 2.10. The van der Waals surface area contributed by atoms with Gasteiger partial charge in [-0.25, -0.2) is 0 Å². The third kappa shape index (κ3) is 5.86. The molecule has 2 heteroatoms. The summed E-state index contributed by atoms with van der Waals surface area (Å²) in [5, 5.41) is 3.55. The monoisotopic (exact) mass is 226 g/mol. The van der Waals surface area contributed by atoms with Crippen LogP contribution in [0.25, 0.3) is 0 Å². The molecule has 1 heterocycles. The zero-order valence-electron chi connectivity index (χ0n) is 11.8. The lowest BCUT2D eigenvalue weighted by Crippen LogP contribution is -2.43. The Morgan fingerprint density at radius 1 is 1.06 bits per heavy atom. The maximum Gasteiger partial charge on any atom is 0.00193 e. The van der Waals surface area contributed by atoms with Gasteiger partial charge in [-0.05, 0) is 43.3 Å². The number of hydrogen-bond donors (Lipinski definition) is 1. The Labute approximate surface area is 102 Å². The second-order valence-corrected chi connectivity index (χ2v) is 6.94. The molecule has 0 saturated carbocycles. The Morgan fingerprint density at radius 3 is 2.00 bits per heavy atom. The molecule has 2 atom stereocenters. The van der Waals surface area contributed by atoms with Crippen LogP contribution in [0, 0.1) is 17.3 Å². The van der Waals surface area contributed by atoms with E-state index in [1.807, 2.05) is 0 Å². The van der Waals surface area contributed by atoms with Gasteiger partial charge in [0, 0.05) is 13.1 Å². The van der Waals surface area contributed by atoms with Gasteiger partial charge < -0.3 is 10.2 Å². The van der Waals surface area contributed by atoms with E-state index >= 15 is 0 Å². The molecule has 2 unspecified atom stereocenters. The van der Waals surface area contributed by atoms with Crippen molar-refractivity contribution in [3.63, 3.8) is 0 Å². The lowest BCUT2D eigenvalue weighted by molar-refractivity contribution is 0.164. The quantitative estimate of drug-likeness (QED) is 0.778. The Balaban J connectivity index is 2.41. The van der Waals surface area contributed by atoms with E-state index < -0.39 is 0 Å². The summed E-state index contributed by atoms with van der Waals surface area (Å²) >= 11 is 0. The molecule has 0 aromatic carbocycles. The minimum absolute atomic E-state index is 0.465. The van der Waals surface area contributed by atoms with Crippen LogP contribution in [0.3, 0.4) is 0 Å². The molecule has 0 aliphatic carbocycles. The summed E-state index contributed by atoms with van der Waals surface area (Å²) in [6, 6.07) is 0. The van der Waals surface area contributed by atoms with E-state index in [0.717, 1.165) is 11.8 Å². The molecule has 1 rings (SSSR count). The highest BCUT2D eigenvalue weighted by atomic mass is 15.1. The maximum atomic E-state index is 3.55. The summed E-state index contributed by atoms with van der Waals surface area (Å²) in [6.45, 7) is 17.9. The second-order valence-electron chi connectivity index (χ2n) is 6.94. The van der Waals surface area contributed by atoms with Crippen molar-refractivity contribution in [2.45, 2.75) is 41.0 Å². The molecule has 1 saturated heterocycles. The first kappa shape index (κ1) is 14.0. The Bertz CT molecular complexity index is 183. The summed E-state index contributed by atoms with van der Waals surface area (Å²) < 4.78 is 0. The molecule has 1 aliphatic rings. The molecule has 1 fully saturated rings. The summed E-state index contributed by atoms with van der Waals surface area (Å²) in [6.07, 6.45) is 1.31. The summed E-state index contributed by atoms with van der Waals surface area (Å²) in [5.41, 5.74) is 0.465. The van der Waals surface area contributed by atoms with Gasteiger partial charge in [0.05, 0.1) is 0 Å². The number of nitrogens with one attached hydrogen (secondary N) is 1. The number of nitrogens with zero attached hydrogens (tertiary/aromatic N) is 1. The smallest absolute Gasteiger partial charge is 0.00193 e. The van der Waals surface area contributed by atoms with E-state index in [4.69, 9.17) is 0 Å². The fourth-order valence-corrected chi connectivity index (χ4v) is 2.34. The highest BCUT2D eigenvalue weighted by molar-refractivity contribution is 4.74. The van der Waals surface area contributed by atoms with Crippen molar-refractivity contribution in [3.8, 4) is 0 Å². The minimum atomic E-state index is 0.465. The van der Waals surface area contributed by atoms with Gasteiger partial charge in [0.2, 0.25) is 0 Å². The van der Waals surface area contributed by atoms with Crippen molar-refractivity contribution in [2.75, 3.05) is 32.7 Å². The van der Waals surface area contributed by atoms with E-state index in [1.165, 1.54) is 39.1 Å². The summed E-state index contributed by atoms with van der Waals surface area (Å²) in [7, 11) is 0. The third-order valence-corrected chi connectivity index (χ3v) is 3.30. The van der Waals surface area contributed by atoms with Crippen LogP contribution in [0.15, 0.2) is 0 Å². The average molecular weight is 226 g/mol. The molecule has 0 aromatic heterocycles. The molecule has 0 spiro atoms. The number of hydrogen-bond acceptors (Lipinski definition) is 2. The molecule has 16 heavy (non-hydrogen) atoms. The van der Waals surface area contributed by atoms with Gasteiger partial charge in [-0.3, -0.25) is 0 Å². The molecule has 0 bridgehead atoms. The van der Waals surface area contributed by atoms with Crippen molar-refractivity contribution >= 4 is 0 Å². The first-order chi connectivity index (χ1) is 7.37. The van der Waals surface area contributed by atoms with Gasteiger partial charge in [0.25, 0.3) is 0 Å². The van der Waals surface area contributed by atoms with E-state index in [0.29, 0.717) is 5.41 Å². The molecule has 0 amide bonds. The first-order valence-corrected chi connectivity index (χ1v) is 6.80. The van der Waals surface area contributed by atoms with Crippen molar-refractivity contribution < 1.29 is 0 Å². The predicted molar refractivity (Wildman–Crippen MR) is 71.7 cm³/mol. The van der Waals surface area contributed by atoms with Crippen LogP contribution < -0.4 is 5.32 Å². The summed E-state index contributed by atoms with van der Waals surface area (Å²) in [5.74, 6) is 1.57. The SMILES string of the molecule is CC1CNCC(C)CN(CCC(C)(C)C)C1. The Morgan fingerprint density at radius 2 is 1.56 bits per heavy atom. The third-order valence-electron chi connectivity index (χ3n) is 3.30. The van der Waals surface area contributed by atoms with Gasteiger partial charge in [-0.1, -0.05) is 34.6 Å². The normalized spacial score (nSPS) is 29.8. The minimum Gasteiger partial charge on any atom is -0.316 e. The zero-order valence-corrected chi connectivity index (χ0v) is 11.8. The molecular formula is C14H30N2. The zero-order chi connectivity index (χ0) is 12.2. The summed E-state index contributed by atoms with van der Waals surface area (Å²) in [4.78, 5) is 2.67. The van der Waals surface area contributed by atoms with Crippen molar-refractivity contribution in [3.05, 3.63) is 0 Å². The molecule has 0 aromatic rings. The van der Waals surface area contributed by atoms with Crippen molar-refractivity contribution in [1.82, 2.24) is 10.2 Å². The lowest BCUT2D eigenvalue weighted by atomic mass is 9.91. The Kier molecular flexibility index (Phi) is 5.26. The van der Waals surface area contributed by atoms with Crippen molar-refractivity contribution in [2.24, 2.45) is 17.3 Å². The van der Waals surface area contributed by atoms with Gasteiger partial charge in [-0.15, -0.1) is 0 Å². The molecular weight excluding hydrogens is 196 g/mol. The van der Waals surface area contributed by atoms with E-state index in [-0.39, 0.29) is 0 Å². The highest BCUT2D eigenvalue weighted by Gasteiger charge is 2.19. The van der Waals surface area contributed by atoms with Crippen LogP contribution in [-0.4, -0.2) is 37.6 Å². The second kappa shape index (κ2) is 6.02. The standard InChI is InChI=1S/C14H30N2/c1-12-8-15-9-13(2)11-16(10-12)7-6-14(3,4)5/h12-13,15H,6-11H2,1-5H3. The van der Waals surface area contributed by atoms with Crippen LogP contribution in [0.2, 0.25) is 0 Å². The van der Waals surface area contributed by atoms with Crippen LogP contribution >= 0.6 is 0 Å². The maximum absolute atomic E-state index is 3.55. The van der Waals surface area contributed by atoms with E-state index in [9.17, 15) is 0 Å². The predicted octanol–water partition coefficient (Wildman–Crippen LogP) is 2.60.